The molecule has 1 aromatic heterocycles. The zero-order chi connectivity index (χ0) is 14.1. The van der Waals surface area contributed by atoms with E-state index in [1.54, 1.807) is 0 Å². The van der Waals surface area contributed by atoms with Gasteiger partial charge in [0.15, 0.2) is 11.5 Å². The average molecular weight is 273 g/mol. The smallest absolute Gasteiger partial charge is 0.231 e. The van der Waals surface area contributed by atoms with Gasteiger partial charge < -0.3 is 19.7 Å². The molecule has 2 heterocycles. The van der Waals surface area contributed by atoms with Gasteiger partial charge in [0.05, 0.1) is 0 Å². The van der Waals surface area contributed by atoms with Crippen molar-refractivity contribution in [1.82, 2.24) is 9.88 Å². The Balaban J connectivity index is 1.95. The van der Waals surface area contributed by atoms with Crippen LogP contribution in [0.1, 0.15) is 6.92 Å². The molecular weight excluding hydrogens is 254 g/mol. The predicted molar refractivity (Wildman–Crippen MR) is 79.5 cm³/mol. The molecule has 0 spiro atoms. The lowest BCUT2D eigenvalue weighted by atomic mass is 10.1. The highest BCUT2D eigenvalue weighted by molar-refractivity contribution is 5.94. The third kappa shape index (κ3) is 2.49. The van der Waals surface area contributed by atoms with Gasteiger partial charge >= 0.3 is 0 Å². The van der Waals surface area contributed by atoms with Crippen molar-refractivity contribution >= 4 is 16.6 Å². The number of benzene rings is 1. The Hall–Kier alpha value is -2.01. The molecule has 1 unspecified atom stereocenters. The average Bonchev–Trinajstić information content (AvgIpc) is 2.82. The molecular formula is C15H19N3O2. The molecule has 0 aliphatic carbocycles. The minimum absolute atomic E-state index is 0.291. The number of anilines is 1. The molecule has 3 rings (SSSR count). The predicted octanol–water partition coefficient (Wildman–Crippen LogP) is 2.33. The van der Waals surface area contributed by atoms with Crippen LogP contribution in [0, 0.1) is 0 Å². The second-order valence-electron chi connectivity index (χ2n) is 5.39. The van der Waals surface area contributed by atoms with Gasteiger partial charge in [0.25, 0.3) is 0 Å². The summed E-state index contributed by atoms with van der Waals surface area (Å²) < 4.78 is 10.9. The Kier molecular flexibility index (Phi) is 3.36. The Morgan fingerprint density at radius 3 is 2.80 bits per heavy atom. The molecule has 5 nitrogen and oxygen atoms in total. The van der Waals surface area contributed by atoms with Crippen molar-refractivity contribution in [3.8, 4) is 11.5 Å². The molecule has 0 amide bonds. The maximum atomic E-state index is 5.45. The van der Waals surface area contributed by atoms with E-state index in [0.29, 0.717) is 12.8 Å². The van der Waals surface area contributed by atoms with Crippen molar-refractivity contribution < 1.29 is 9.47 Å². The van der Waals surface area contributed by atoms with Crippen molar-refractivity contribution in [3.63, 3.8) is 0 Å². The molecule has 0 radical (unpaired) electrons. The van der Waals surface area contributed by atoms with Crippen LogP contribution < -0.4 is 14.8 Å². The number of nitrogens with zero attached hydrogens (tertiary/aromatic N) is 2. The van der Waals surface area contributed by atoms with Gasteiger partial charge in [0.1, 0.15) is 5.82 Å². The minimum atomic E-state index is 0.291. The lowest BCUT2D eigenvalue weighted by Crippen LogP contribution is -2.30. The third-order valence-corrected chi connectivity index (χ3v) is 3.28. The van der Waals surface area contributed by atoms with E-state index in [1.165, 1.54) is 0 Å². The molecule has 1 aliphatic rings. The SMILES string of the molecule is CC(CN(C)C)Nc1nccc2cc3c(cc12)OCO3. The maximum absolute atomic E-state index is 5.45. The van der Waals surface area contributed by atoms with Crippen LogP contribution in [0.4, 0.5) is 5.82 Å². The third-order valence-electron chi connectivity index (χ3n) is 3.28. The molecule has 2 aromatic rings. The van der Waals surface area contributed by atoms with Crippen LogP contribution in [-0.4, -0.2) is 43.4 Å². The van der Waals surface area contributed by atoms with Crippen molar-refractivity contribution in [1.29, 1.82) is 0 Å². The van der Waals surface area contributed by atoms with E-state index < -0.39 is 0 Å². The van der Waals surface area contributed by atoms with Gasteiger partial charge in [-0.3, -0.25) is 0 Å². The Labute approximate surface area is 118 Å². The summed E-state index contributed by atoms with van der Waals surface area (Å²) in [6.45, 7) is 3.38. The summed E-state index contributed by atoms with van der Waals surface area (Å²) in [4.78, 5) is 6.60. The molecule has 1 atom stereocenters. The van der Waals surface area contributed by atoms with E-state index in [1.807, 2.05) is 24.4 Å². The zero-order valence-corrected chi connectivity index (χ0v) is 12.0. The molecule has 5 heteroatoms. The molecule has 0 fully saturated rings. The molecule has 0 saturated carbocycles. The summed E-state index contributed by atoms with van der Waals surface area (Å²) in [5.41, 5.74) is 0. The first-order valence-corrected chi connectivity index (χ1v) is 6.73. The summed E-state index contributed by atoms with van der Waals surface area (Å²) in [5, 5.41) is 5.62. The van der Waals surface area contributed by atoms with Crippen molar-refractivity contribution in [3.05, 3.63) is 24.4 Å². The number of fused-ring (bicyclic) bond motifs is 2. The van der Waals surface area contributed by atoms with Crippen LogP contribution in [0.5, 0.6) is 11.5 Å². The van der Waals surface area contributed by atoms with Crippen LogP contribution in [0.3, 0.4) is 0 Å². The topological polar surface area (TPSA) is 46.6 Å². The van der Waals surface area contributed by atoms with Gasteiger partial charge in [-0.05, 0) is 44.6 Å². The van der Waals surface area contributed by atoms with Crippen molar-refractivity contribution in [2.75, 3.05) is 32.7 Å². The van der Waals surface area contributed by atoms with Gasteiger partial charge in [-0.1, -0.05) is 0 Å². The van der Waals surface area contributed by atoms with E-state index >= 15 is 0 Å². The Bertz CT molecular complexity index is 628. The number of rotatable bonds is 4. The fraction of sp³-hybridized carbons (Fsp3) is 0.400. The van der Waals surface area contributed by atoms with E-state index in [9.17, 15) is 0 Å². The summed E-state index contributed by atoms with van der Waals surface area (Å²) >= 11 is 0. The van der Waals surface area contributed by atoms with Crippen LogP contribution in [-0.2, 0) is 0 Å². The van der Waals surface area contributed by atoms with Gasteiger partial charge in [-0.15, -0.1) is 0 Å². The molecule has 1 aliphatic heterocycles. The van der Waals surface area contributed by atoms with E-state index in [2.05, 4.69) is 36.2 Å². The molecule has 1 N–H and O–H groups in total. The van der Waals surface area contributed by atoms with E-state index in [4.69, 9.17) is 9.47 Å². The highest BCUT2D eigenvalue weighted by Gasteiger charge is 2.16. The van der Waals surface area contributed by atoms with Crippen LogP contribution in [0.2, 0.25) is 0 Å². The summed E-state index contributed by atoms with van der Waals surface area (Å²) in [7, 11) is 4.12. The van der Waals surface area contributed by atoms with Gasteiger partial charge in [0.2, 0.25) is 6.79 Å². The van der Waals surface area contributed by atoms with Gasteiger partial charge in [-0.2, -0.15) is 0 Å². The maximum Gasteiger partial charge on any atom is 0.231 e. The lowest BCUT2D eigenvalue weighted by molar-refractivity contribution is 0.174. The fourth-order valence-corrected chi connectivity index (χ4v) is 2.50. The number of likely N-dealkylation sites (N-methyl/N-ethyl adjacent to an activating group) is 1. The number of hydrogen-bond donors (Lipinski definition) is 1. The summed E-state index contributed by atoms with van der Waals surface area (Å²) in [6, 6.07) is 6.30. The number of aromatic nitrogens is 1. The van der Waals surface area contributed by atoms with E-state index in [-0.39, 0.29) is 0 Å². The van der Waals surface area contributed by atoms with E-state index in [0.717, 1.165) is 34.6 Å². The van der Waals surface area contributed by atoms with Crippen LogP contribution >= 0.6 is 0 Å². The molecule has 1 aromatic carbocycles. The summed E-state index contributed by atoms with van der Waals surface area (Å²) in [6.07, 6.45) is 1.81. The van der Waals surface area contributed by atoms with Crippen molar-refractivity contribution in [2.24, 2.45) is 0 Å². The van der Waals surface area contributed by atoms with Crippen LogP contribution in [0.15, 0.2) is 24.4 Å². The van der Waals surface area contributed by atoms with Gasteiger partial charge in [-0.25, -0.2) is 4.98 Å². The monoisotopic (exact) mass is 273 g/mol. The normalized spacial score (nSPS) is 14.8. The van der Waals surface area contributed by atoms with Crippen molar-refractivity contribution in [2.45, 2.75) is 13.0 Å². The van der Waals surface area contributed by atoms with Crippen LogP contribution in [0.25, 0.3) is 10.8 Å². The number of ether oxygens (including phenoxy) is 2. The minimum Gasteiger partial charge on any atom is -0.454 e. The number of hydrogen-bond acceptors (Lipinski definition) is 5. The highest BCUT2D eigenvalue weighted by atomic mass is 16.7. The largest absolute Gasteiger partial charge is 0.454 e. The first kappa shape index (κ1) is 13.0. The quantitative estimate of drug-likeness (QED) is 0.926. The standard InChI is InChI=1S/C15H19N3O2/c1-10(8-18(2)3)17-15-12-7-14-13(19-9-20-14)6-11(12)4-5-16-15/h4-7,10H,8-9H2,1-3H3,(H,16,17). The molecule has 106 valence electrons. The van der Waals surface area contributed by atoms with Gasteiger partial charge in [0, 0.05) is 24.2 Å². The molecule has 0 bridgehead atoms. The number of pyridine rings is 1. The zero-order valence-electron chi connectivity index (χ0n) is 12.0. The highest BCUT2D eigenvalue weighted by Crippen LogP contribution is 2.37. The lowest BCUT2D eigenvalue weighted by Gasteiger charge is -2.19. The Morgan fingerprint density at radius 1 is 1.30 bits per heavy atom. The fourth-order valence-electron chi connectivity index (χ4n) is 2.50. The molecule has 0 saturated heterocycles. The number of nitrogens with one attached hydrogen (secondary N) is 1. The second-order valence-corrected chi connectivity index (χ2v) is 5.39. The second kappa shape index (κ2) is 5.17. The first-order valence-electron chi connectivity index (χ1n) is 6.73. The molecule has 20 heavy (non-hydrogen) atoms. The Morgan fingerprint density at radius 2 is 2.05 bits per heavy atom. The summed E-state index contributed by atoms with van der Waals surface area (Å²) in [5.74, 6) is 2.47. The first-order chi connectivity index (χ1) is 9.63.